The number of carbonyl (C=O) groups excluding carboxylic acids is 1. The van der Waals surface area contributed by atoms with Crippen molar-refractivity contribution in [2.75, 3.05) is 24.0 Å². The van der Waals surface area contributed by atoms with Crippen LogP contribution in [0.1, 0.15) is 48.8 Å². The van der Waals surface area contributed by atoms with E-state index in [1.54, 1.807) is 23.5 Å². The van der Waals surface area contributed by atoms with Gasteiger partial charge in [-0.3, -0.25) is 9.59 Å². The van der Waals surface area contributed by atoms with Crippen LogP contribution in [0.25, 0.3) is 0 Å². The van der Waals surface area contributed by atoms with E-state index < -0.39 is 12.0 Å². The van der Waals surface area contributed by atoms with E-state index in [4.69, 9.17) is 16.1 Å². The van der Waals surface area contributed by atoms with Crippen molar-refractivity contribution in [3.63, 3.8) is 0 Å². The number of hydrogen-bond acceptors (Lipinski definition) is 10. The lowest BCUT2D eigenvalue weighted by atomic mass is 9.96. The molecule has 2 aromatic heterocycles. The van der Waals surface area contributed by atoms with Crippen LogP contribution in [-0.4, -0.2) is 67.1 Å². The monoisotopic (exact) mass is 486 g/mol. The van der Waals surface area contributed by atoms with Gasteiger partial charge in [0.15, 0.2) is 11.6 Å². The maximum Gasteiger partial charge on any atom is 0.320 e. The van der Waals surface area contributed by atoms with E-state index in [0.29, 0.717) is 18.7 Å². The molecular weight excluding hydrogens is 456 g/mol. The van der Waals surface area contributed by atoms with Crippen molar-refractivity contribution < 1.29 is 14.7 Å². The number of aromatic nitrogens is 4. The Morgan fingerprint density at radius 3 is 2.55 bits per heavy atom. The van der Waals surface area contributed by atoms with Crippen LogP contribution in [0.2, 0.25) is 0 Å². The summed E-state index contributed by atoms with van der Waals surface area (Å²) in [5.74, 6) is 1.41. The summed E-state index contributed by atoms with van der Waals surface area (Å²) in [5, 5.41) is 32.7. The van der Waals surface area contributed by atoms with Gasteiger partial charge in [-0.05, 0) is 53.5 Å². The first-order valence-electron chi connectivity index (χ1n) is 9.09. The molecular formula is C19H30N6O3S3. The molecule has 0 saturated heterocycles. The minimum Gasteiger partial charge on any atom is -0.480 e. The minimum absolute atomic E-state index is 0. The molecule has 0 aromatic carbocycles. The first kappa shape index (κ1) is 29.1. The van der Waals surface area contributed by atoms with Gasteiger partial charge in [-0.25, -0.2) is 0 Å². The van der Waals surface area contributed by atoms with Crippen LogP contribution in [0.4, 0.5) is 0 Å². The summed E-state index contributed by atoms with van der Waals surface area (Å²) in [4.78, 5) is 23.6. The summed E-state index contributed by atoms with van der Waals surface area (Å²) >= 11 is 4.84. The summed E-state index contributed by atoms with van der Waals surface area (Å²) in [6.45, 7) is 0.0702. The molecule has 0 unspecified atom stereocenters. The van der Waals surface area contributed by atoms with Crippen LogP contribution >= 0.6 is 34.9 Å². The molecule has 0 saturated carbocycles. The first-order valence-corrected chi connectivity index (χ1v) is 12.8. The zero-order valence-electron chi connectivity index (χ0n) is 16.9. The summed E-state index contributed by atoms with van der Waals surface area (Å²) < 4.78 is 0. The molecule has 0 aliphatic rings. The lowest BCUT2D eigenvalue weighted by Gasteiger charge is -2.11. The Morgan fingerprint density at radius 2 is 2.00 bits per heavy atom. The fourth-order valence-electron chi connectivity index (χ4n) is 2.26. The summed E-state index contributed by atoms with van der Waals surface area (Å²) in [7, 11) is 0. The zero-order chi connectivity index (χ0) is 22.4. The predicted octanol–water partition coefficient (Wildman–Crippen LogP) is 3.16. The van der Waals surface area contributed by atoms with Gasteiger partial charge in [-0.2, -0.15) is 40.1 Å². The number of carboxylic acids is 1. The van der Waals surface area contributed by atoms with Gasteiger partial charge in [0.2, 0.25) is 0 Å². The molecule has 0 aliphatic carbocycles. The highest BCUT2D eigenvalue weighted by molar-refractivity contribution is 7.98. The number of nitrogens with zero attached hydrogens (tertiary/aromatic N) is 5. The van der Waals surface area contributed by atoms with Gasteiger partial charge in [-0.1, -0.05) is 7.43 Å². The van der Waals surface area contributed by atoms with Crippen molar-refractivity contribution in [3.05, 3.63) is 28.2 Å². The average Bonchev–Trinajstić information content (AvgIpc) is 3.42. The van der Waals surface area contributed by atoms with Gasteiger partial charge in [0.05, 0.1) is 6.07 Å². The minimum atomic E-state index is -0.913. The van der Waals surface area contributed by atoms with E-state index in [-0.39, 0.29) is 25.7 Å². The van der Waals surface area contributed by atoms with Gasteiger partial charge in [0.25, 0.3) is 0 Å². The number of rotatable bonds is 12. The molecule has 2 aromatic rings. The Morgan fingerprint density at radius 1 is 1.32 bits per heavy atom. The maximum atomic E-state index is 12.2. The van der Waals surface area contributed by atoms with E-state index in [2.05, 4.69) is 15.4 Å². The number of nitrogens with two attached hydrogens (primary N) is 1. The quantitative estimate of drug-likeness (QED) is 0.428. The molecule has 31 heavy (non-hydrogen) atoms. The Bertz CT molecular complexity index is 807. The van der Waals surface area contributed by atoms with E-state index >= 15 is 0 Å². The number of nitriles is 1. The average molecular weight is 487 g/mol. The zero-order valence-corrected chi connectivity index (χ0v) is 19.4. The maximum absolute atomic E-state index is 12.2. The summed E-state index contributed by atoms with van der Waals surface area (Å²) in [5.41, 5.74) is 5.92. The highest BCUT2D eigenvalue weighted by Crippen LogP contribution is 2.24. The van der Waals surface area contributed by atoms with Crippen LogP contribution < -0.4 is 5.73 Å². The predicted molar refractivity (Wildman–Crippen MR) is 128 cm³/mol. The summed E-state index contributed by atoms with van der Waals surface area (Å²) in [6, 6.07) is 3.12. The number of thioether (sulfide) groups is 2. The van der Waals surface area contributed by atoms with Crippen molar-refractivity contribution in [1.29, 1.82) is 5.26 Å². The third-order valence-electron chi connectivity index (χ3n) is 3.94. The molecule has 2 rings (SSSR count). The molecule has 0 aliphatic heterocycles. The van der Waals surface area contributed by atoms with Gasteiger partial charge in [-0.15, -0.1) is 15.0 Å². The fourth-order valence-corrected chi connectivity index (χ4v) is 3.94. The van der Waals surface area contributed by atoms with Crippen LogP contribution in [0.5, 0.6) is 0 Å². The number of aliphatic carboxylic acids is 1. The molecule has 0 bridgehead atoms. The molecule has 0 spiro atoms. The Kier molecular flexibility index (Phi) is 15.7. The van der Waals surface area contributed by atoms with Gasteiger partial charge >= 0.3 is 5.97 Å². The molecule has 12 heteroatoms. The second-order valence-electron chi connectivity index (χ2n) is 6.18. The number of tetrazole rings is 1. The van der Waals surface area contributed by atoms with Gasteiger partial charge in [0, 0.05) is 23.3 Å². The number of carboxylic acid groups (broad SMARTS) is 1. The second kappa shape index (κ2) is 16.7. The standard InChI is InChI=1S/C13H15N5OS2.C5H11NO2S.CH4/c1-20-6-2-10(8-12(19)11-3-7-21-9-11)13-15-17-18(16-13)5-4-14;1-9-3-2-4(6)5(7)8;/h3,7,9-10H,2,5-6,8H2,1H3;4H,2-3,6H2,1H3,(H,7,8);1H4/t10-;4-;/m10./s1. The van der Waals surface area contributed by atoms with E-state index in [9.17, 15) is 9.59 Å². The highest BCUT2D eigenvalue weighted by atomic mass is 32.2. The molecule has 172 valence electrons. The lowest BCUT2D eigenvalue weighted by Crippen LogP contribution is -2.30. The molecule has 0 fully saturated rings. The largest absolute Gasteiger partial charge is 0.480 e. The van der Waals surface area contributed by atoms with E-state index in [1.165, 1.54) is 16.1 Å². The summed E-state index contributed by atoms with van der Waals surface area (Å²) in [6.07, 6.45) is 5.69. The fraction of sp³-hybridized carbons (Fsp3) is 0.579. The topological polar surface area (TPSA) is 148 Å². The van der Waals surface area contributed by atoms with Crippen molar-refractivity contribution >= 4 is 46.6 Å². The lowest BCUT2D eigenvalue weighted by molar-refractivity contribution is -0.138. The number of Topliss-reactive ketones (excluding diaryl/α,β-unsaturated/α-hetero) is 1. The van der Waals surface area contributed by atoms with Crippen molar-refractivity contribution in [1.82, 2.24) is 20.2 Å². The molecule has 2 atom stereocenters. The second-order valence-corrected chi connectivity index (χ2v) is 8.93. The number of hydrogen-bond donors (Lipinski definition) is 2. The Balaban J connectivity index is 0.000000769. The van der Waals surface area contributed by atoms with Gasteiger partial charge in [0.1, 0.15) is 12.6 Å². The smallest absolute Gasteiger partial charge is 0.320 e. The normalized spacial score (nSPS) is 11.9. The molecule has 0 amide bonds. The van der Waals surface area contributed by atoms with E-state index in [0.717, 1.165) is 23.5 Å². The number of thiophene rings is 1. The van der Waals surface area contributed by atoms with Crippen molar-refractivity contribution in [2.45, 2.75) is 45.2 Å². The molecule has 2 heterocycles. The first-order chi connectivity index (χ1) is 14.4. The Labute approximate surface area is 195 Å². The van der Waals surface area contributed by atoms with Crippen LogP contribution in [-0.2, 0) is 11.3 Å². The third-order valence-corrected chi connectivity index (χ3v) is 5.91. The number of ketones is 1. The molecule has 0 radical (unpaired) electrons. The highest BCUT2D eigenvalue weighted by Gasteiger charge is 2.21. The van der Waals surface area contributed by atoms with Crippen LogP contribution in [0, 0.1) is 11.3 Å². The van der Waals surface area contributed by atoms with E-state index in [1.807, 2.05) is 35.4 Å². The molecule has 3 N–H and O–H groups in total. The van der Waals surface area contributed by atoms with Crippen molar-refractivity contribution in [2.24, 2.45) is 5.73 Å². The molecule has 9 nitrogen and oxygen atoms in total. The third kappa shape index (κ3) is 11.3. The van der Waals surface area contributed by atoms with Crippen LogP contribution in [0.15, 0.2) is 16.8 Å². The Hall–Kier alpha value is -1.94. The van der Waals surface area contributed by atoms with Crippen molar-refractivity contribution in [3.8, 4) is 6.07 Å². The number of carbonyl (C=O) groups is 2. The van der Waals surface area contributed by atoms with Gasteiger partial charge < -0.3 is 10.8 Å². The SMILES string of the molecule is C.CSCC[C@H](CC(=O)c1ccsc1)c1nnn(CC#N)n1.CSCC[C@H](N)C(=O)O. The van der Waals surface area contributed by atoms with Crippen LogP contribution in [0.3, 0.4) is 0 Å².